The highest BCUT2D eigenvalue weighted by atomic mass is 16.5. The Morgan fingerprint density at radius 1 is 0.963 bits per heavy atom. The summed E-state index contributed by atoms with van der Waals surface area (Å²) in [6.07, 6.45) is 0.0666. The van der Waals surface area contributed by atoms with E-state index in [-0.39, 0.29) is 11.5 Å². The number of hydrogen-bond acceptors (Lipinski definition) is 5. The monoisotopic (exact) mass is 381 g/mol. The number of nitrogens with one attached hydrogen (secondary N) is 2. The zero-order chi connectivity index (χ0) is 20.4. The fourth-order valence-corrected chi connectivity index (χ4v) is 2.65. The Labute approximate surface area is 163 Å². The first-order chi connectivity index (χ1) is 12.8. The maximum Gasteiger partial charge on any atom is 0.191 e. The fourth-order valence-electron chi connectivity index (χ4n) is 2.65. The summed E-state index contributed by atoms with van der Waals surface area (Å²) in [4.78, 5) is 4.67. The lowest BCUT2D eigenvalue weighted by atomic mass is 9.89. The average molecular weight is 382 g/mol. The van der Waals surface area contributed by atoms with E-state index in [0.717, 1.165) is 18.1 Å². The van der Waals surface area contributed by atoms with Crippen LogP contribution in [-0.4, -0.2) is 53.6 Å². The summed E-state index contributed by atoms with van der Waals surface area (Å²) >= 11 is 0. The molecule has 0 aliphatic rings. The third kappa shape index (κ3) is 6.82. The molecule has 154 valence electrons. The molecule has 0 aliphatic heterocycles. The highest BCUT2D eigenvalue weighted by Gasteiger charge is 2.24. The van der Waals surface area contributed by atoms with Crippen molar-refractivity contribution in [3.05, 3.63) is 17.7 Å². The van der Waals surface area contributed by atoms with Crippen molar-refractivity contribution in [1.82, 2.24) is 10.6 Å². The van der Waals surface area contributed by atoms with Crippen molar-refractivity contribution < 1.29 is 18.9 Å². The highest BCUT2D eigenvalue weighted by molar-refractivity contribution is 5.79. The van der Waals surface area contributed by atoms with E-state index in [2.05, 4.69) is 36.4 Å². The van der Waals surface area contributed by atoms with Crippen molar-refractivity contribution in [3.63, 3.8) is 0 Å². The molecule has 0 radical (unpaired) electrons. The van der Waals surface area contributed by atoms with Gasteiger partial charge in [0.25, 0.3) is 0 Å². The molecule has 1 unspecified atom stereocenters. The summed E-state index contributed by atoms with van der Waals surface area (Å²) in [6.45, 7) is 10.4. The highest BCUT2D eigenvalue weighted by Crippen LogP contribution is 2.34. The number of rotatable bonds is 9. The van der Waals surface area contributed by atoms with Crippen LogP contribution in [0.2, 0.25) is 0 Å². The van der Waals surface area contributed by atoms with Gasteiger partial charge in [-0.05, 0) is 18.4 Å². The number of ether oxygens (including phenoxy) is 4. The van der Waals surface area contributed by atoms with Gasteiger partial charge in [0.15, 0.2) is 17.5 Å². The lowest BCUT2D eigenvalue weighted by Crippen LogP contribution is -2.45. The third-order valence-corrected chi connectivity index (χ3v) is 4.24. The number of methoxy groups -OCH3 is 4. The fraction of sp³-hybridized carbons (Fsp3) is 0.650. The van der Waals surface area contributed by atoms with Crippen LogP contribution in [-0.2, 0) is 11.3 Å². The zero-order valence-corrected chi connectivity index (χ0v) is 17.9. The molecule has 1 aromatic rings. The molecule has 1 rings (SSSR count). The largest absolute Gasteiger partial charge is 0.496 e. The average Bonchev–Trinajstić information content (AvgIpc) is 2.64. The molecule has 1 atom stereocenters. The summed E-state index contributed by atoms with van der Waals surface area (Å²) in [5.41, 5.74) is 0.942. The maximum atomic E-state index is 5.60. The van der Waals surface area contributed by atoms with Gasteiger partial charge in [0.1, 0.15) is 5.75 Å². The first-order valence-electron chi connectivity index (χ1n) is 9.14. The molecule has 7 nitrogen and oxygen atoms in total. The molecule has 0 heterocycles. The van der Waals surface area contributed by atoms with Gasteiger partial charge in [-0.15, -0.1) is 0 Å². The Morgan fingerprint density at radius 2 is 1.56 bits per heavy atom. The van der Waals surface area contributed by atoms with E-state index in [0.29, 0.717) is 30.3 Å². The Bertz CT molecular complexity index is 612. The smallest absolute Gasteiger partial charge is 0.191 e. The van der Waals surface area contributed by atoms with Crippen LogP contribution in [0, 0.1) is 5.41 Å². The second-order valence-corrected chi connectivity index (χ2v) is 7.19. The van der Waals surface area contributed by atoms with Crippen molar-refractivity contribution >= 4 is 5.96 Å². The van der Waals surface area contributed by atoms with Crippen molar-refractivity contribution in [2.45, 2.75) is 40.3 Å². The molecular weight excluding hydrogens is 346 g/mol. The zero-order valence-electron chi connectivity index (χ0n) is 17.9. The summed E-state index contributed by atoms with van der Waals surface area (Å²) in [5, 5.41) is 6.61. The van der Waals surface area contributed by atoms with Crippen molar-refractivity contribution in [3.8, 4) is 17.2 Å². The van der Waals surface area contributed by atoms with Gasteiger partial charge in [-0.1, -0.05) is 20.8 Å². The molecule has 2 N–H and O–H groups in total. The van der Waals surface area contributed by atoms with Crippen LogP contribution in [0.4, 0.5) is 0 Å². The Kier molecular flexibility index (Phi) is 9.21. The Morgan fingerprint density at radius 3 is 2.04 bits per heavy atom. The van der Waals surface area contributed by atoms with E-state index in [9.17, 15) is 0 Å². The first kappa shape index (κ1) is 22.9. The second kappa shape index (κ2) is 10.9. The summed E-state index contributed by atoms with van der Waals surface area (Å²) < 4.78 is 21.8. The predicted molar refractivity (Wildman–Crippen MR) is 109 cm³/mol. The summed E-state index contributed by atoms with van der Waals surface area (Å²) in [5.74, 6) is 2.70. The maximum absolute atomic E-state index is 5.60. The van der Waals surface area contributed by atoms with Crippen molar-refractivity contribution in [2.75, 3.05) is 41.5 Å². The van der Waals surface area contributed by atoms with Crippen molar-refractivity contribution in [2.24, 2.45) is 10.4 Å². The van der Waals surface area contributed by atoms with Gasteiger partial charge in [-0.3, -0.25) is 0 Å². The Balaban J connectivity index is 2.97. The molecule has 1 aromatic carbocycles. The number of benzene rings is 1. The summed E-state index contributed by atoms with van der Waals surface area (Å²) in [6, 6.07) is 3.70. The minimum absolute atomic E-state index is 0.0334. The van der Waals surface area contributed by atoms with Crippen LogP contribution >= 0.6 is 0 Å². The lowest BCUT2D eigenvalue weighted by molar-refractivity contribution is 0.0205. The van der Waals surface area contributed by atoms with E-state index in [4.69, 9.17) is 18.9 Å². The van der Waals surface area contributed by atoms with Gasteiger partial charge in [-0.25, -0.2) is 4.99 Å². The van der Waals surface area contributed by atoms with Crippen LogP contribution in [0.15, 0.2) is 17.1 Å². The van der Waals surface area contributed by atoms with Crippen LogP contribution in [0.3, 0.4) is 0 Å². The molecule has 0 spiro atoms. The summed E-state index contributed by atoms with van der Waals surface area (Å²) in [7, 11) is 6.57. The van der Waals surface area contributed by atoms with Gasteiger partial charge < -0.3 is 29.6 Å². The SMILES string of the molecule is CCNC(=NCc1cc(OC)c(OC)cc1OC)NCC(OC)C(C)(C)C. The number of guanidine groups is 1. The third-order valence-electron chi connectivity index (χ3n) is 4.24. The molecule has 0 fully saturated rings. The minimum Gasteiger partial charge on any atom is -0.496 e. The second-order valence-electron chi connectivity index (χ2n) is 7.19. The Hall–Kier alpha value is -2.15. The molecule has 0 amide bonds. The van der Waals surface area contributed by atoms with Gasteiger partial charge >= 0.3 is 0 Å². The van der Waals surface area contributed by atoms with Crippen LogP contribution in [0.5, 0.6) is 17.2 Å². The van der Waals surface area contributed by atoms with Crippen molar-refractivity contribution in [1.29, 1.82) is 0 Å². The van der Waals surface area contributed by atoms with E-state index in [1.54, 1.807) is 28.4 Å². The van der Waals surface area contributed by atoms with Crippen LogP contribution < -0.4 is 24.8 Å². The number of nitrogens with zero attached hydrogens (tertiary/aromatic N) is 1. The van der Waals surface area contributed by atoms with E-state index >= 15 is 0 Å². The molecule has 27 heavy (non-hydrogen) atoms. The number of aliphatic imine (C=N–C) groups is 1. The quantitative estimate of drug-likeness (QED) is 0.506. The van der Waals surface area contributed by atoms with E-state index in [1.807, 2.05) is 19.1 Å². The number of hydrogen-bond donors (Lipinski definition) is 2. The topological polar surface area (TPSA) is 73.3 Å². The van der Waals surface area contributed by atoms with Crippen LogP contribution in [0.25, 0.3) is 0 Å². The normalized spacial score (nSPS) is 13.1. The van der Waals surface area contributed by atoms with E-state index < -0.39 is 0 Å². The first-order valence-corrected chi connectivity index (χ1v) is 9.14. The van der Waals surface area contributed by atoms with Gasteiger partial charge in [0, 0.05) is 31.8 Å². The van der Waals surface area contributed by atoms with Gasteiger partial charge in [0.05, 0.1) is 34.0 Å². The van der Waals surface area contributed by atoms with Gasteiger partial charge in [-0.2, -0.15) is 0 Å². The molecule has 0 aliphatic carbocycles. The van der Waals surface area contributed by atoms with E-state index in [1.165, 1.54) is 0 Å². The minimum atomic E-state index is 0.0334. The molecule has 7 heteroatoms. The molecule has 0 saturated carbocycles. The standard InChI is InChI=1S/C20H35N3O4/c1-9-21-19(23-13-18(27-8)20(2,3)4)22-12-14-10-16(25-6)17(26-7)11-15(14)24-5/h10-11,18H,9,12-13H2,1-8H3,(H2,21,22,23). The lowest BCUT2D eigenvalue weighted by Gasteiger charge is -2.30. The molecule has 0 aromatic heterocycles. The molecular formula is C20H35N3O4. The molecule has 0 saturated heterocycles. The molecule has 0 bridgehead atoms. The van der Waals surface area contributed by atoms with Crippen LogP contribution in [0.1, 0.15) is 33.3 Å². The van der Waals surface area contributed by atoms with Gasteiger partial charge in [0.2, 0.25) is 0 Å². The predicted octanol–water partition coefficient (Wildman–Crippen LogP) is 2.83.